The zero-order valence-electron chi connectivity index (χ0n) is 10.0. The van der Waals surface area contributed by atoms with Crippen LogP contribution >= 0.6 is 0 Å². The molecule has 0 aromatic carbocycles. The summed E-state index contributed by atoms with van der Waals surface area (Å²) in [7, 11) is 0. The van der Waals surface area contributed by atoms with Gasteiger partial charge in [0.05, 0.1) is 0 Å². The Hall–Kier alpha value is -1.14. The zero-order valence-corrected chi connectivity index (χ0v) is 10.0. The molecule has 17 heavy (non-hydrogen) atoms. The van der Waals surface area contributed by atoms with Crippen LogP contribution in [0.15, 0.2) is 0 Å². The highest BCUT2D eigenvalue weighted by molar-refractivity contribution is 5.83. The van der Waals surface area contributed by atoms with Gasteiger partial charge in [-0.1, -0.05) is 12.8 Å². The summed E-state index contributed by atoms with van der Waals surface area (Å²) in [5.41, 5.74) is 5.33. The molecule has 1 amide bonds. The molecule has 5 N–H and O–H groups in total. The fraction of sp³-hybridized carbons (Fsp3) is 0.818. The van der Waals surface area contributed by atoms with Gasteiger partial charge in [-0.2, -0.15) is 0 Å². The molecule has 1 atom stereocenters. The molecule has 100 valence electrons. The van der Waals surface area contributed by atoms with Crippen LogP contribution in [0, 0.1) is 0 Å². The SMILES string of the molecule is NCCCCCCC(=O)N[C@H](CCO)C(=O)O. The molecule has 0 fully saturated rings. The first-order chi connectivity index (χ1) is 8.11. The minimum atomic E-state index is -1.12. The summed E-state index contributed by atoms with van der Waals surface area (Å²) in [6.07, 6.45) is 3.94. The molecule has 0 rings (SSSR count). The van der Waals surface area contributed by atoms with Gasteiger partial charge in [0, 0.05) is 19.4 Å². The number of amides is 1. The molecular formula is C11H22N2O4. The molecule has 0 radical (unpaired) electrons. The van der Waals surface area contributed by atoms with E-state index < -0.39 is 12.0 Å². The highest BCUT2D eigenvalue weighted by atomic mass is 16.4. The van der Waals surface area contributed by atoms with E-state index in [0.29, 0.717) is 13.0 Å². The van der Waals surface area contributed by atoms with Crippen LogP contribution in [0.3, 0.4) is 0 Å². The summed E-state index contributed by atoms with van der Waals surface area (Å²) >= 11 is 0. The Morgan fingerprint density at radius 2 is 1.82 bits per heavy atom. The molecule has 0 unspecified atom stereocenters. The number of hydrogen-bond acceptors (Lipinski definition) is 4. The maximum Gasteiger partial charge on any atom is 0.326 e. The van der Waals surface area contributed by atoms with E-state index >= 15 is 0 Å². The number of carbonyl (C=O) groups excluding carboxylic acids is 1. The number of carboxylic acids is 1. The van der Waals surface area contributed by atoms with E-state index in [-0.39, 0.29) is 18.9 Å². The first-order valence-electron chi connectivity index (χ1n) is 5.95. The van der Waals surface area contributed by atoms with Gasteiger partial charge in [-0.05, 0) is 19.4 Å². The van der Waals surface area contributed by atoms with E-state index in [1.54, 1.807) is 0 Å². The average molecular weight is 246 g/mol. The van der Waals surface area contributed by atoms with Crippen molar-refractivity contribution >= 4 is 11.9 Å². The van der Waals surface area contributed by atoms with Crippen LogP contribution < -0.4 is 11.1 Å². The van der Waals surface area contributed by atoms with Crippen molar-refractivity contribution in [1.82, 2.24) is 5.32 Å². The lowest BCUT2D eigenvalue weighted by atomic mass is 10.1. The maximum absolute atomic E-state index is 11.4. The second-order valence-electron chi connectivity index (χ2n) is 3.92. The van der Waals surface area contributed by atoms with E-state index in [4.69, 9.17) is 15.9 Å². The number of carboxylic acid groups (broad SMARTS) is 1. The fourth-order valence-electron chi connectivity index (χ4n) is 1.44. The minimum Gasteiger partial charge on any atom is -0.480 e. The summed E-state index contributed by atoms with van der Waals surface area (Å²) in [5.74, 6) is -1.39. The molecule has 0 aliphatic rings. The van der Waals surface area contributed by atoms with Crippen molar-refractivity contribution in [2.75, 3.05) is 13.2 Å². The number of nitrogens with two attached hydrogens (primary N) is 1. The van der Waals surface area contributed by atoms with Crippen LogP contribution in [0.1, 0.15) is 38.5 Å². The van der Waals surface area contributed by atoms with Gasteiger partial charge in [0.25, 0.3) is 0 Å². The number of aliphatic hydroxyl groups excluding tert-OH is 1. The minimum absolute atomic E-state index is 0.0360. The number of hydrogen-bond donors (Lipinski definition) is 4. The fourth-order valence-corrected chi connectivity index (χ4v) is 1.44. The van der Waals surface area contributed by atoms with Crippen molar-refractivity contribution in [3.8, 4) is 0 Å². The zero-order chi connectivity index (χ0) is 13.1. The monoisotopic (exact) mass is 246 g/mol. The smallest absolute Gasteiger partial charge is 0.326 e. The highest BCUT2D eigenvalue weighted by Gasteiger charge is 2.18. The lowest BCUT2D eigenvalue weighted by Gasteiger charge is -2.12. The van der Waals surface area contributed by atoms with Crippen molar-refractivity contribution in [1.29, 1.82) is 0 Å². The van der Waals surface area contributed by atoms with E-state index in [1.807, 2.05) is 0 Å². The van der Waals surface area contributed by atoms with Crippen LogP contribution in [0.4, 0.5) is 0 Å². The first kappa shape index (κ1) is 15.9. The van der Waals surface area contributed by atoms with Crippen molar-refractivity contribution < 1.29 is 19.8 Å². The van der Waals surface area contributed by atoms with Crippen LogP contribution in [0.25, 0.3) is 0 Å². The number of rotatable bonds is 10. The highest BCUT2D eigenvalue weighted by Crippen LogP contribution is 2.02. The van der Waals surface area contributed by atoms with Gasteiger partial charge in [0.15, 0.2) is 0 Å². The summed E-state index contributed by atoms with van der Waals surface area (Å²) in [4.78, 5) is 22.1. The third kappa shape index (κ3) is 8.65. The molecule has 0 aliphatic heterocycles. The van der Waals surface area contributed by atoms with Crippen molar-refractivity contribution in [2.45, 2.75) is 44.6 Å². The lowest BCUT2D eigenvalue weighted by molar-refractivity contribution is -0.142. The molecule has 0 aliphatic carbocycles. The Labute approximate surface area is 101 Å². The van der Waals surface area contributed by atoms with Crippen LogP contribution in [0.5, 0.6) is 0 Å². The Morgan fingerprint density at radius 1 is 1.18 bits per heavy atom. The topological polar surface area (TPSA) is 113 Å². The summed E-state index contributed by atoms with van der Waals surface area (Å²) in [6, 6.07) is -0.989. The normalized spacial score (nSPS) is 12.1. The van der Waals surface area contributed by atoms with Gasteiger partial charge >= 0.3 is 5.97 Å². The van der Waals surface area contributed by atoms with Gasteiger partial charge in [-0.25, -0.2) is 4.79 Å². The van der Waals surface area contributed by atoms with Gasteiger partial charge in [0.1, 0.15) is 6.04 Å². The van der Waals surface area contributed by atoms with Crippen LogP contribution in [-0.2, 0) is 9.59 Å². The number of unbranched alkanes of at least 4 members (excludes halogenated alkanes) is 3. The van der Waals surface area contributed by atoms with Crippen LogP contribution in [0.2, 0.25) is 0 Å². The second-order valence-corrected chi connectivity index (χ2v) is 3.92. The molecule has 0 aromatic heterocycles. The Bertz CT molecular complexity index is 234. The Balaban J connectivity index is 3.71. The van der Waals surface area contributed by atoms with E-state index in [1.165, 1.54) is 0 Å². The van der Waals surface area contributed by atoms with Crippen molar-refractivity contribution in [2.24, 2.45) is 5.73 Å². The first-order valence-corrected chi connectivity index (χ1v) is 5.95. The molecule has 0 heterocycles. The maximum atomic E-state index is 11.4. The number of aliphatic hydroxyl groups is 1. The van der Waals surface area contributed by atoms with E-state index in [0.717, 1.165) is 25.7 Å². The summed E-state index contributed by atoms with van der Waals surface area (Å²) in [5, 5.41) is 19.8. The lowest BCUT2D eigenvalue weighted by Crippen LogP contribution is -2.41. The van der Waals surface area contributed by atoms with Gasteiger partial charge in [0.2, 0.25) is 5.91 Å². The average Bonchev–Trinajstić information content (AvgIpc) is 2.28. The Kier molecular flexibility index (Phi) is 9.37. The standard InChI is InChI=1S/C11H22N2O4/c12-7-4-2-1-3-5-10(15)13-9(6-8-14)11(16)17/h9,14H,1-8,12H2,(H,13,15)(H,16,17)/t9-/m1/s1. The molecule has 0 spiro atoms. The summed E-state index contributed by atoms with van der Waals surface area (Å²) in [6.45, 7) is 0.400. The third-order valence-corrected chi connectivity index (χ3v) is 2.41. The molecule has 6 nitrogen and oxygen atoms in total. The van der Waals surface area contributed by atoms with Crippen molar-refractivity contribution in [3.05, 3.63) is 0 Å². The summed E-state index contributed by atoms with van der Waals surface area (Å²) < 4.78 is 0. The largest absolute Gasteiger partial charge is 0.480 e. The number of carbonyl (C=O) groups is 2. The second kappa shape index (κ2) is 10.0. The molecular weight excluding hydrogens is 224 g/mol. The molecule has 0 bridgehead atoms. The predicted octanol–water partition coefficient (Wildman–Crippen LogP) is -0.153. The van der Waals surface area contributed by atoms with Gasteiger partial charge < -0.3 is 21.3 Å². The molecule has 0 saturated carbocycles. The number of nitrogens with one attached hydrogen (secondary N) is 1. The van der Waals surface area contributed by atoms with Crippen LogP contribution in [-0.4, -0.2) is 41.3 Å². The molecule has 0 aromatic rings. The molecule has 0 saturated heterocycles. The number of aliphatic carboxylic acids is 1. The van der Waals surface area contributed by atoms with Crippen molar-refractivity contribution in [3.63, 3.8) is 0 Å². The van der Waals surface area contributed by atoms with Gasteiger partial charge in [-0.3, -0.25) is 4.79 Å². The third-order valence-electron chi connectivity index (χ3n) is 2.41. The predicted molar refractivity (Wildman–Crippen MR) is 63.4 cm³/mol. The Morgan fingerprint density at radius 3 is 2.35 bits per heavy atom. The van der Waals surface area contributed by atoms with E-state index in [2.05, 4.69) is 5.32 Å². The molecule has 6 heteroatoms. The van der Waals surface area contributed by atoms with Gasteiger partial charge in [-0.15, -0.1) is 0 Å². The van der Waals surface area contributed by atoms with E-state index in [9.17, 15) is 9.59 Å². The quantitative estimate of drug-likeness (QED) is 0.400.